The molecule has 0 spiro atoms. The molecule has 2 rings (SSSR count). The van der Waals surface area contributed by atoms with E-state index in [1.54, 1.807) is 0 Å². The van der Waals surface area contributed by atoms with Crippen molar-refractivity contribution >= 4 is 38.9 Å². The zero-order valence-electron chi connectivity index (χ0n) is 10.6. The van der Waals surface area contributed by atoms with E-state index in [2.05, 4.69) is 5.32 Å². The molecule has 1 aromatic heterocycles. The van der Waals surface area contributed by atoms with Crippen molar-refractivity contribution in [2.45, 2.75) is 25.9 Å². The molecular weight excluding hydrogens is 282 g/mol. The van der Waals surface area contributed by atoms with Crippen molar-refractivity contribution in [1.29, 1.82) is 0 Å². The largest absolute Gasteiger partial charge is 0.391 e. The van der Waals surface area contributed by atoms with Crippen LogP contribution in [0.4, 0.5) is 0 Å². The molecule has 0 aliphatic rings. The summed E-state index contributed by atoms with van der Waals surface area (Å²) in [6, 6.07) is 7.65. The first-order valence-corrected chi connectivity index (χ1v) is 7.46. The van der Waals surface area contributed by atoms with Crippen LogP contribution in [0.2, 0.25) is 5.02 Å². The van der Waals surface area contributed by atoms with Crippen LogP contribution in [0.25, 0.3) is 10.1 Å². The number of halogens is 1. The molecule has 1 atom stereocenters. The number of aliphatic hydroxyl groups excluding tert-OH is 1. The SMILES string of the molecule is CCCC(O)CNC(=O)c1sc2ccccc2c1Cl. The van der Waals surface area contributed by atoms with Crippen LogP contribution in [-0.2, 0) is 0 Å². The first-order chi connectivity index (χ1) is 9.13. The molecule has 0 fully saturated rings. The summed E-state index contributed by atoms with van der Waals surface area (Å²) in [5.41, 5.74) is 0. The van der Waals surface area contributed by atoms with Gasteiger partial charge in [-0.15, -0.1) is 11.3 Å². The molecule has 2 aromatic rings. The highest BCUT2D eigenvalue weighted by molar-refractivity contribution is 7.21. The Morgan fingerprint density at radius 3 is 2.89 bits per heavy atom. The van der Waals surface area contributed by atoms with E-state index in [0.717, 1.165) is 16.5 Å². The molecule has 1 amide bonds. The maximum absolute atomic E-state index is 12.0. The summed E-state index contributed by atoms with van der Waals surface area (Å²) in [4.78, 5) is 12.6. The minimum atomic E-state index is -0.498. The number of rotatable bonds is 5. The van der Waals surface area contributed by atoms with Gasteiger partial charge in [0.15, 0.2) is 0 Å². The van der Waals surface area contributed by atoms with Gasteiger partial charge in [0.1, 0.15) is 4.88 Å². The highest BCUT2D eigenvalue weighted by Gasteiger charge is 2.17. The number of hydrogen-bond acceptors (Lipinski definition) is 3. The Bertz CT molecular complexity index is 582. The summed E-state index contributed by atoms with van der Waals surface area (Å²) in [7, 11) is 0. The van der Waals surface area contributed by atoms with Crippen LogP contribution in [0.1, 0.15) is 29.4 Å². The number of benzene rings is 1. The van der Waals surface area contributed by atoms with Crippen LogP contribution in [0, 0.1) is 0 Å². The number of fused-ring (bicyclic) bond motifs is 1. The van der Waals surface area contributed by atoms with E-state index in [9.17, 15) is 9.90 Å². The molecular formula is C14H16ClNO2S. The second-order valence-corrected chi connectivity index (χ2v) is 5.82. The summed E-state index contributed by atoms with van der Waals surface area (Å²) in [6.45, 7) is 2.26. The number of thiophene rings is 1. The molecule has 1 heterocycles. The highest BCUT2D eigenvalue weighted by atomic mass is 35.5. The zero-order valence-corrected chi connectivity index (χ0v) is 12.2. The van der Waals surface area contributed by atoms with Crippen molar-refractivity contribution in [2.75, 3.05) is 6.54 Å². The first-order valence-electron chi connectivity index (χ1n) is 6.26. The van der Waals surface area contributed by atoms with Gasteiger partial charge in [-0.25, -0.2) is 0 Å². The van der Waals surface area contributed by atoms with Crippen molar-refractivity contribution in [1.82, 2.24) is 5.32 Å². The van der Waals surface area contributed by atoms with Gasteiger partial charge in [0, 0.05) is 16.6 Å². The Morgan fingerprint density at radius 1 is 1.47 bits per heavy atom. The lowest BCUT2D eigenvalue weighted by atomic mass is 10.2. The minimum absolute atomic E-state index is 0.221. The number of amides is 1. The smallest absolute Gasteiger partial charge is 0.263 e. The molecule has 102 valence electrons. The van der Waals surface area contributed by atoms with E-state index >= 15 is 0 Å². The van der Waals surface area contributed by atoms with Crippen LogP contribution in [-0.4, -0.2) is 23.7 Å². The lowest BCUT2D eigenvalue weighted by molar-refractivity contribution is 0.0914. The predicted molar refractivity (Wildman–Crippen MR) is 80.1 cm³/mol. The number of hydrogen-bond donors (Lipinski definition) is 2. The highest BCUT2D eigenvalue weighted by Crippen LogP contribution is 2.34. The molecule has 0 aliphatic carbocycles. The lowest BCUT2D eigenvalue weighted by Gasteiger charge is -2.09. The summed E-state index contributed by atoms with van der Waals surface area (Å²) in [5.74, 6) is -0.221. The Kier molecular flexibility index (Phi) is 4.80. The molecule has 0 radical (unpaired) electrons. The third-order valence-electron chi connectivity index (χ3n) is 2.86. The van der Waals surface area contributed by atoms with Crippen molar-refractivity contribution in [3.05, 3.63) is 34.2 Å². The zero-order chi connectivity index (χ0) is 13.8. The number of carbonyl (C=O) groups excluding carboxylic acids is 1. The second-order valence-electron chi connectivity index (χ2n) is 4.39. The van der Waals surface area contributed by atoms with Crippen LogP contribution < -0.4 is 5.32 Å². The van der Waals surface area contributed by atoms with Gasteiger partial charge in [-0.3, -0.25) is 4.79 Å². The van der Waals surface area contributed by atoms with E-state index in [-0.39, 0.29) is 12.5 Å². The monoisotopic (exact) mass is 297 g/mol. The van der Waals surface area contributed by atoms with Crippen LogP contribution >= 0.6 is 22.9 Å². The molecule has 0 aliphatic heterocycles. The molecule has 19 heavy (non-hydrogen) atoms. The Balaban J connectivity index is 2.11. The third kappa shape index (κ3) is 3.26. The third-order valence-corrected chi connectivity index (χ3v) is 4.54. The number of nitrogens with one attached hydrogen (secondary N) is 1. The number of carbonyl (C=O) groups is 1. The van der Waals surface area contributed by atoms with Crippen molar-refractivity contribution in [3.63, 3.8) is 0 Å². The second kappa shape index (κ2) is 6.37. The quantitative estimate of drug-likeness (QED) is 0.888. The number of aliphatic hydroxyl groups is 1. The Labute approximate surface area is 121 Å². The Morgan fingerprint density at radius 2 is 2.21 bits per heavy atom. The van der Waals surface area contributed by atoms with E-state index in [4.69, 9.17) is 11.6 Å². The van der Waals surface area contributed by atoms with Crippen LogP contribution in [0.5, 0.6) is 0 Å². The molecule has 1 aromatic carbocycles. The fourth-order valence-electron chi connectivity index (χ4n) is 1.89. The van der Waals surface area contributed by atoms with E-state index in [1.165, 1.54) is 11.3 Å². The standard InChI is InChI=1S/C14H16ClNO2S/c1-2-5-9(17)8-16-14(18)13-12(15)10-6-3-4-7-11(10)19-13/h3-4,6-7,9,17H,2,5,8H2,1H3,(H,16,18). The van der Waals surface area contributed by atoms with E-state index in [0.29, 0.717) is 16.3 Å². The van der Waals surface area contributed by atoms with Crippen LogP contribution in [0.15, 0.2) is 24.3 Å². The van der Waals surface area contributed by atoms with Crippen molar-refractivity contribution < 1.29 is 9.90 Å². The first kappa shape index (κ1) is 14.3. The molecule has 1 unspecified atom stereocenters. The molecule has 0 bridgehead atoms. The molecule has 3 nitrogen and oxygen atoms in total. The molecule has 0 saturated carbocycles. The minimum Gasteiger partial charge on any atom is -0.391 e. The molecule has 2 N–H and O–H groups in total. The van der Waals surface area contributed by atoms with E-state index in [1.807, 2.05) is 31.2 Å². The predicted octanol–water partition coefficient (Wildman–Crippen LogP) is 3.45. The van der Waals surface area contributed by atoms with Gasteiger partial charge in [-0.2, -0.15) is 0 Å². The van der Waals surface area contributed by atoms with Gasteiger partial charge in [0.2, 0.25) is 0 Å². The fourth-order valence-corrected chi connectivity index (χ4v) is 3.32. The van der Waals surface area contributed by atoms with Gasteiger partial charge in [0.25, 0.3) is 5.91 Å². The molecule has 0 saturated heterocycles. The summed E-state index contributed by atoms with van der Waals surface area (Å²) in [5, 5.41) is 13.7. The summed E-state index contributed by atoms with van der Waals surface area (Å²) in [6.07, 6.45) is 1.07. The van der Waals surface area contributed by atoms with Gasteiger partial charge >= 0.3 is 0 Å². The summed E-state index contributed by atoms with van der Waals surface area (Å²) >= 11 is 7.59. The van der Waals surface area contributed by atoms with Gasteiger partial charge in [-0.1, -0.05) is 43.1 Å². The fraction of sp³-hybridized carbons (Fsp3) is 0.357. The van der Waals surface area contributed by atoms with Crippen molar-refractivity contribution in [2.24, 2.45) is 0 Å². The van der Waals surface area contributed by atoms with Crippen molar-refractivity contribution in [3.8, 4) is 0 Å². The topological polar surface area (TPSA) is 49.3 Å². The lowest BCUT2D eigenvalue weighted by Crippen LogP contribution is -2.31. The van der Waals surface area contributed by atoms with Gasteiger partial charge in [0.05, 0.1) is 11.1 Å². The summed E-state index contributed by atoms with van der Waals surface area (Å²) < 4.78 is 0.992. The maximum Gasteiger partial charge on any atom is 0.263 e. The average Bonchev–Trinajstić information content (AvgIpc) is 2.74. The average molecular weight is 298 g/mol. The normalized spacial score (nSPS) is 12.6. The van der Waals surface area contributed by atoms with Gasteiger partial charge in [-0.05, 0) is 12.5 Å². The maximum atomic E-state index is 12.0. The Hall–Kier alpha value is -1.10. The van der Waals surface area contributed by atoms with Gasteiger partial charge < -0.3 is 10.4 Å². The van der Waals surface area contributed by atoms with E-state index < -0.39 is 6.10 Å². The van der Waals surface area contributed by atoms with Crippen LogP contribution in [0.3, 0.4) is 0 Å². The molecule has 5 heteroatoms.